The molecule has 2 heteroatoms. The van der Waals surface area contributed by atoms with Crippen LogP contribution >= 0.6 is 34.2 Å². The first-order valence-corrected chi connectivity index (χ1v) is 3.75. The highest BCUT2D eigenvalue weighted by Gasteiger charge is 1.89. The normalized spacial score (nSPS) is 14.5. The highest BCUT2D eigenvalue weighted by molar-refractivity contribution is 14.1. The van der Waals surface area contributed by atoms with Crippen molar-refractivity contribution in [3.8, 4) is 0 Å². The van der Waals surface area contributed by atoms with E-state index < -0.39 is 0 Å². The summed E-state index contributed by atoms with van der Waals surface area (Å²) in [6.07, 6.45) is 1.13. The van der Waals surface area contributed by atoms with E-state index in [4.69, 9.17) is 11.6 Å². The number of hydrogen-bond acceptors (Lipinski definition) is 0. The first-order valence-electron chi connectivity index (χ1n) is 1.97. The van der Waals surface area contributed by atoms with Gasteiger partial charge in [0.1, 0.15) is 0 Å². The zero-order chi connectivity index (χ0) is 4.99. The van der Waals surface area contributed by atoms with E-state index in [1.165, 1.54) is 0 Å². The summed E-state index contributed by atoms with van der Waals surface area (Å²) in [6, 6.07) is 0. The Kier molecular flexibility index (Phi) is 4.90. The Labute approximate surface area is 57.4 Å². The van der Waals surface area contributed by atoms with Crippen LogP contribution < -0.4 is 0 Å². The molecule has 0 saturated carbocycles. The third-order valence-corrected chi connectivity index (χ3v) is 1.35. The molecule has 0 radical (unpaired) electrons. The van der Waals surface area contributed by atoms with Gasteiger partial charge in [0, 0.05) is 9.80 Å². The Morgan fingerprint density at radius 2 is 2.33 bits per heavy atom. The summed E-state index contributed by atoms with van der Waals surface area (Å²) in [5.74, 6) is 0.796. The highest BCUT2D eigenvalue weighted by Crippen LogP contribution is 2.03. The summed E-state index contributed by atoms with van der Waals surface area (Å²) in [5, 5.41) is 0. The van der Waals surface area contributed by atoms with Gasteiger partial charge in [-0.15, -0.1) is 11.6 Å². The molecule has 0 N–H and O–H groups in total. The van der Waals surface area contributed by atoms with Crippen molar-refractivity contribution in [2.24, 2.45) is 0 Å². The quantitative estimate of drug-likeness (QED) is 0.493. The summed E-state index contributed by atoms with van der Waals surface area (Å²) in [6.45, 7) is 2.16. The van der Waals surface area contributed by atoms with E-state index in [1.54, 1.807) is 0 Å². The molecule has 0 aliphatic heterocycles. The Morgan fingerprint density at radius 3 is 2.33 bits per heavy atom. The van der Waals surface area contributed by atoms with Gasteiger partial charge < -0.3 is 0 Å². The van der Waals surface area contributed by atoms with Crippen LogP contribution in [-0.4, -0.2) is 9.80 Å². The largest absolute Gasteiger partial charge is 0.127 e. The molecule has 0 fully saturated rings. The lowest BCUT2D eigenvalue weighted by Gasteiger charge is -1.92. The molecule has 6 heavy (non-hydrogen) atoms. The fraction of sp³-hybridized carbons (Fsp3) is 1.00. The van der Waals surface area contributed by atoms with Gasteiger partial charge in [-0.25, -0.2) is 0 Å². The molecule has 0 saturated heterocycles. The molecule has 0 aromatic heterocycles. The molecule has 0 bridgehead atoms. The van der Waals surface area contributed by atoms with Crippen LogP contribution in [0.3, 0.4) is 0 Å². The molecule has 0 aromatic rings. The third-order valence-electron chi connectivity index (χ3n) is 0.507. The van der Waals surface area contributed by atoms with Gasteiger partial charge in [-0.2, -0.15) is 0 Å². The summed E-state index contributed by atoms with van der Waals surface area (Å²) < 4.78 is 0.736. The summed E-state index contributed by atoms with van der Waals surface area (Å²) in [4.78, 5) is 0. The van der Waals surface area contributed by atoms with Crippen LogP contribution in [-0.2, 0) is 0 Å². The van der Waals surface area contributed by atoms with Gasteiger partial charge in [-0.05, 0) is 6.42 Å². The van der Waals surface area contributed by atoms with Gasteiger partial charge in [0.05, 0.1) is 0 Å². The Hall–Kier alpha value is 1.02. The van der Waals surface area contributed by atoms with Crippen molar-refractivity contribution >= 4 is 34.2 Å². The van der Waals surface area contributed by atoms with Crippen LogP contribution in [0, 0.1) is 0 Å². The zero-order valence-corrected chi connectivity index (χ0v) is 6.66. The number of hydrogen-bond donors (Lipinski definition) is 0. The average molecular weight is 218 g/mol. The first-order chi connectivity index (χ1) is 2.77. The van der Waals surface area contributed by atoms with Crippen molar-refractivity contribution in [2.45, 2.75) is 17.3 Å². The predicted octanol–water partition coefficient (Wildman–Crippen LogP) is 2.44. The lowest BCUT2D eigenvalue weighted by Crippen LogP contribution is -1.87. The van der Waals surface area contributed by atoms with Gasteiger partial charge in [-0.1, -0.05) is 29.5 Å². The minimum absolute atomic E-state index is 0.736. The summed E-state index contributed by atoms with van der Waals surface area (Å²) in [7, 11) is 0. The summed E-state index contributed by atoms with van der Waals surface area (Å²) in [5.41, 5.74) is 0. The smallest absolute Gasteiger partial charge is 0.0233 e. The van der Waals surface area contributed by atoms with E-state index in [0.29, 0.717) is 0 Å². The van der Waals surface area contributed by atoms with Crippen LogP contribution in [0.4, 0.5) is 0 Å². The maximum Gasteiger partial charge on any atom is 0.0233 e. The Morgan fingerprint density at radius 1 is 1.83 bits per heavy atom. The maximum absolute atomic E-state index is 5.39. The van der Waals surface area contributed by atoms with E-state index in [0.717, 1.165) is 16.2 Å². The van der Waals surface area contributed by atoms with Gasteiger partial charge in [0.25, 0.3) is 0 Å². The maximum atomic E-state index is 5.39. The molecule has 0 aliphatic carbocycles. The summed E-state index contributed by atoms with van der Waals surface area (Å²) >= 11 is 7.75. The van der Waals surface area contributed by atoms with Crippen molar-refractivity contribution in [3.05, 3.63) is 0 Å². The number of halogens is 2. The van der Waals surface area contributed by atoms with Crippen LogP contribution in [0.1, 0.15) is 13.3 Å². The van der Waals surface area contributed by atoms with Crippen molar-refractivity contribution in [1.29, 1.82) is 0 Å². The number of alkyl halides is 2. The van der Waals surface area contributed by atoms with E-state index in [-0.39, 0.29) is 0 Å². The molecule has 0 spiro atoms. The second-order valence-corrected chi connectivity index (χ2v) is 3.76. The van der Waals surface area contributed by atoms with Gasteiger partial charge in [0.2, 0.25) is 0 Å². The third kappa shape index (κ3) is 5.02. The average Bonchev–Trinajstić information content (AvgIpc) is 1.35. The monoisotopic (exact) mass is 218 g/mol. The van der Waals surface area contributed by atoms with Crippen LogP contribution in [0.25, 0.3) is 0 Å². The Bertz CT molecular complexity index is 28.7. The van der Waals surface area contributed by atoms with E-state index in [2.05, 4.69) is 29.5 Å². The Balaban J connectivity index is 2.63. The SMILES string of the molecule is CC(I)CCCl. The molecule has 0 aromatic carbocycles. The molecule has 0 nitrogen and oxygen atoms in total. The lowest BCUT2D eigenvalue weighted by atomic mass is 10.4. The zero-order valence-electron chi connectivity index (χ0n) is 3.75. The standard InChI is InChI=1S/C4H8ClI/c1-4(6)2-3-5/h4H,2-3H2,1H3. The molecule has 1 atom stereocenters. The molecule has 38 valence electrons. The molecule has 1 unspecified atom stereocenters. The molecule has 0 heterocycles. The van der Waals surface area contributed by atoms with Crippen LogP contribution in [0.15, 0.2) is 0 Å². The van der Waals surface area contributed by atoms with Crippen LogP contribution in [0.5, 0.6) is 0 Å². The van der Waals surface area contributed by atoms with Gasteiger partial charge in [0.15, 0.2) is 0 Å². The molecule has 0 rings (SSSR count). The molecule has 0 aliphatic rings. The van der Waals surface area contributed by atoms with Crippen molar-refractivity contribution in [2.75, 3.05) is 5.88 Å². The van der Waals surface area contributed by atoms with E-state index in [9.17, 15) is 0 Å². The topological polar surface area (TPSA) is 0 Å². The first kappa shape index (κ1) is 7.02. The van der Waals surface area contributed by atoms with E-state index in [1.807, 2.05) is 0 Å². The molecular formula is C4H8ClI. The minimum atomic E-state index is 0.736. The van der Waals surface area contributed by atoms with Gasteiger partial charge >= 0.3 is 0 Å². The van der Waals surface area contributed by atoms with Crippen molar-refractivity contribution in [3.63, 3.8) is 0 Å². The van der Waals surface area contributed by atoms with E-state index >= 15 is 0 Å². The number of rotatable bonds is 2. The fourth-order valence-electron chi connectivity index (χ4n) is 0.150. The van der Waals surface area contributed by atoms with Gasteiger partial charge in [-0.3, -0.25) is 0 Å². The molecule has 0 amide bonds. The van der Waals surface area contributed by atoms with Crippen molar-refractivity contribution < 1.29 is 0 Å². The lowest BCUT2D eigenvalue weighted by molar-refractivity contribution is 0.945. The van der Waals surface area contributed by atoms with Crippen molar-refractivity contribution in [1.82, 2.24) is 0 Å². The highest BCUT2D eigenvalue weighted by atomic mass is 127. The van der Waals surface area contributed by atoms with Crippen LogP contribution in [0.2, 0.25) is 0 Å². The predicted molar refractivity (Wildman–Crippen MR) is 38.8 cm³/mol. The molecular weight excluding hydrogens is 210 g/mol. The second kappa shape index (κ2) is 4.19. The second-order valence-electron chi connectivity index (χ2n) is 1.26. The fourth-order valence-corrected chi connectivity index (χ4v) is 1.16. The minimum Gasteiger partial charge on any atom is -0.127 e.